The van der Waals surface area contributed by atoms with E-state index in [9.17, 15) is 36.2 Å². The Labute approximate surface area is 210 Å². The minimum atomic E-state index is -4.74. The molecule has 1 aromatic heterocycles. The molecule has 2 atom stereocenters. The first kappa shape index (κ1) is 27.5. The van der Waals surface area contributed by atoms with Gasteiger partial charge in [-0.3, -0.25) is 9.78 Å². The topological polar surface area (TPSA) is 71.5 Å². The van der Waals surface area contributed by atoms with Gasteiger partial charge in [-0.15, -0.1) is 0 Å². The van der Waals surface area contributed by atoms with Gasteiger partial charge in [-0.05, 0) is 55.7 Å². The Balaban J connectivity index is 1.45. The summed E-state index contributed by atoms with van der Waals surface area (Å²) in [6.45, 7) is 4.27. The number of aliphatic carboxylic acids is 1. The van der Waals surface area contributed by atoms with Crippen LogP contribution < -0.4 is 10.1 Å². The van der Waals surface area contributed by atoms with Crippen LogP contribution in [0, 0.1) is 17.3 Å². The predicted molar refractivity (Wildman–Crippen MR) is 124 cm³/mol. The van der Waals surface area contributed by atoms with Gasteiger partial charge in [0.15, 0.2) is 0 Å². The number of halogens is 6. The van der Waals surface area contributed by atoms with Crippen molar-refractivity contribution in [3.63, 3.8) is 0 Å². The molecule has 5 nitrogen and oxygen atoms in total. The summed E-state index contributed by atoms with van der Waals surface area (Å²) in [5, 5.41) is 12.4. The van der Waals surface area contributed by atoms with Crippen molar-refractivity contribution in [2.75, 3.05) is 6.54 Å². The number of rotatable bonds is 7. The SMILES string of the molecule is CC1(C)C(NCCc2ccc3c(C(F)(F)F)c(O[C@H]4CC[C@@H](C(F)(F)F)CC4)ccc3n2)CC1C(=O)O. The fourth-order valence-electron chi connectivity index (χ4n) is 5.51. The highest BCUT2D eigenvalue weighted by molar-refractivity contribution is 5.85. The van der Waals surface area contributed by atoms with Gasteiger partial charge in [0.05, 0.1) is 23.5 Å². The lowest BCUT2D eigenvalue weighted by molar-refractivity contribution is -0.185. The van der Waals surface area contributed by atoms with Crippen molar-refractivity contribution < 1.29 is 41.0 Å². The largest absolute Gasteiger partial charge is 0.490 e. The molecule has 0 amide bonds. The van der Waals surface area contributed by atoms with Crippen LogP contribution in [0.15, 0.2) is 24.3 Å². The monoisotopic (exact) mass is 532 g/mol. The van der Waals surface area contributed by atoms with Gasteiger partial charge in [-0.25, -0.2) is 0 Å². The van der Waals surface area contributed by atoms with Gasteiger partial charge in [0.2, 0.25) is 0 Å². The van der Waals surface area contributed by atoms with Crippen molar-refractivity contribution in [3.8, 4) is 5.75 Å². The van der Waals surface area contributed by atoms with E-state index in [1.165, 1.54) is 24.3 Å². The van der Waals surface area contributed by atoms with E-state index < -0.39 is 53.0 Å². The van der Waals surface area contributed by atoms with Crippen LogP contribution in [0.2, 0.25) is 0 Å². The number of aromatic nitrogens is 1. The molecule has 2 aromatic rings. The summed E-state index contributed by atoms with van der Waals surface area (Å²) in [5.74, 6) is -3.08. The molecule has 1 aromatic carbocycles. The highest BCUT2D eigenvalue weighted by atomic mass is 19.4. The van der Waals surface area contributed by atoms with Gasteiger partial charge in [0.1, 0.15) is 11.3 Å². The highest BCUT2D eigenvalue weighted by Gasteiger charge is 2.51. The summed E-state index contributed by atoms with van der Waals surface area (Å²) < 4.78 is 86.5. The van der Waals surface area contributed by atoms with E-state index in [-0.39, 0.29) is 42.6 Å². The molecule has 0 bridgehead atoms. The second kappa shape index (κ2) is 9.96. The third kappa shape index (κ3) is 5.81. The Morgan fingerprint density at radius 2 is 1.76 bits per heavy atom. The molecule has 2 fully saturated rings. The summed E-state index contributed by atoms with van der Waals surface area (Å²) >= 11 is 0. The summed E-state index contributed by atoms with van der Waals surface area (Å²) in [6.07, 6.45) is -9.06. The van der Waals surface area contributed by atoms with Crippen LogP contribution in [0.25, 0.3) is 10.9 Å². The van der Waals surface area contributed by atoms with Crippen LogP contribution in [-0.4, -0.2) is 40.9 Å². The quantitative estimate of drug-likeness (QED) is 0.405. The van der Waals surface area contributed by atoms with Crippen molar-refractivity contribution in [3.05, 3.63) is 35.5 Å². The normalized spacial score (nSPS) is 26.1. The number of pyridine rings is 1. The number of carboxylic acid groups (broad SMARTS) is 1. The molecule has 0 aliphatic heterocycles. The zero-order chi connectivity index (χ0) is 27.2. The average molecular weight is 533 g/mol. The predicted octanol–water partition coefficient (Wildman–Crippen LogP) is 6.38. The molecular weight excluding hydrogens is 502 g/mol. The Hall–Kier alpha value is -2.56. The van der Waals surface area contributed by atoms with E-state index in [1.54, 1.807) is 0 Å². The standard InChI is InChI=1S/C26H30F6N2O3/c1-24(2)18(23(35)36)13-21(24)33-12-11-15-5-8-17-19(34-15)9-10-20(22(17)26(30,31)32)37-16-6-3-14(4-7-16)25(27,28)29/h5,8-10,14,16,18,21,33H,3-4,6-7,11-13H2,1-2H3,(H,35,36)/t14-,16+,18?,21?. The second-order valence-electron chi connectivity index (χ2n) is 10.6. The molecule has 1 heterocycles. The van der Waals surface area contributed by atoms with Crippen LogP contribution in [-0.2, 0) is 17.4 Å². The molecule has 204 valence electrons. The summed E-state index contributed by atoms with van der Waals surface area (Å²) in [4.78, 5) is 15.7. The van der Waals surface area contributed by atoms with Crippen molar-refractivity contribution in [2.24, 2.45) is 17.3 Å². The number of benzene rings is 1. The highest BCUT2D eigenvalue weighted by Crippen LogP contribution is 2.46. The molecule has 4 rings (SSSR count). The third-order valence-corrected chi connectivity index (χ3v) is 7.94. The number of nitrogens with zero attached hydrogens (tertiary/aromatic N) is 1. The first-order valence-electron chi connectivity index (χ1n) is 12.4. The minimum absolute atomic E-state index is 0.0248. The number of ether oxygens (including phenoxy) is 1. The first-order chi connectivity index (χ1) is 17.2. The molecule has 2 unspecified atom stereocenters. The van der Waals surface area contributed by atoms with E-state index >= 15 is 0 Å². The first-order valence-corrected chi connectivity index (χ1v) is 12.4. The van der Waals surface area contributed by atoms with Crippen molar-refractivity contribution >= 4 is 16.9 Å². The fourth-order valence-corrected chi connectivity index (χ4v) is 5.51. The average Bonchev–Trinajstić information content (AvgIpc) is 2.79. The van der Waals surface area contributed by atoms with Crippen LogP contribution in [0.3, 0.4) is 0 Å². The maximum Gasteiger partial charge on any atom is 0.420 e. The van der Waals surface area contributed by atoms with Gasteiger partial charge in [-0.2, -0.15) is 26.3 Å². The zero-order valence-corrected chi connectivity index (χ0v) is 20.5. The molecular formula is C26H30F6N2O3. The molecule has 0 saturated heterocycles. The molecule has 2 saturated carbocycles. The number of fused-ring (bicyclic) bond motifs is 1. The molecule has 2 N–H and O–H groups in total. The number of alkyl halides is 6. The van der Waals surface area contributed by atoms with Crippen LogP contribution in [0.4, 0.5) is 26.3 Å². The summed E-state index contributed by atoms with van der Waals surface area (Å²) in [7, 11) is 0. The lowest BCUT2D eigenvalue weighted by Gasteiger charge is -2.50. The Bertz CT molecular complexity index is 1140. The van der Waals surface area contributed by atoms with E-state index in [0.29, 0.717) is 25.1 Å². The number of nitrogens with one attached hydrogen (secondary N) is 1. The molecule has 0 radical (unpaired) electrons. The maximum atomic E-state index is 14.0. The molecule has 37 heavy (non-hydrogen) atoms. The van der Waals surface area contributed by atoms with E-state index in [4.69, 9.17) is 4.74 Å². The third-order valence-electron chi connectivity index (χ3n) is 7.94. The Morgan fingerprint density at radius 3 is 2.32 bits per heavy atom. The number of carbonyl (C=O) groups is 1. The van der Waals surface area contributed by atoms with Crippen molar-refractivity contribution in [2.45, 2.75) is 76.9 Å². The minimum Gasteiger partial charge on any atom is -0.490 e. The summed E-state index contributed by atoms with van der Waals surface area (Å²) in [5.41, 5.74) is -0.643. The van der Waals surface area contributed by atoms with Crippen LogP contribution in [0.1, 0.15) is 57.2 Å². The molecule has 0 spiro atoms. The molecule has 2 aliphatic carbocycles. The van der Waals surface area contributed by atoms with E-state index in [2.05, 4.69) is 10.3 Å². The van der Waals surface area contributed by atoms with E-state index in [0.717, 1.165) is 0 Å². The summed E-state index contributed by atoms with van der Waals surface area (Å²) in [6, 6.07) is 5.52. The Kier molecular flexibility index (Phi) is 7.40. The van der Waals surface area contributed by atoms with Crippen molar-refractivity contribution in [1.29, 1.82) is 0 Å². The number of hydrogen-bond donors (Lipinski definition) is 2. The Morgan fingerprint density at radius 1 is 1.08 bits per heavy atom. The zero-order valence-electron chi connectivity index (χ0n) is 20.5. The molecule has 2 aliphatic rings. The van der Waals surface area contributed by atoms with Crippen LogP contribution in [0.5, 0.6) is 5.75 Å². The van der Waals surface area contributed by atoms with Crippen molar-refractivity contribution in [1.82, 2.24) is 10.3 Å². The van der Waals surface area contributed by atoms with Gasteiger partial charge >= 0.3 is 18.3 Å². The number of hydrogen-bond acceptors (Lipinski definition) is 4. The second-order valence-corrected chi connectivity index (χ2v) is 10.6. The van der Waals surface area contributed by atoms with Gasteiger partial charge in [-0.1, -0.05) is 19.9 Å². The fraction of sp³-hybridized carbons (Fsp3) is 0.615. The molecule has 11 heteroatoms. The van der Waals surface area contributed by atoms with Gasteiger partial charge in [0.25, 0.3) is 0 Å². The van der Waals surface area contributed by atoms with E-state index in [1.807, 2.05) is 13.8 Å². The van der Waals surface area contributed by atoms with Crippen LogP contribution >= 0.6 is 0 Å². The lowest BCUT2D eigenvalue weighted by atomic mass is 9.58. The smallest absolute Gasteiger partial charge is 0.420 e. The van der Waals surface area contributed by atoms with Gasteiger partial charge in [0, 0.05) is 30.1 Å². The lowest BCUT2D eigenvalue weighted by Crippen LogP contribution is -2.59. The maximum absolute atomic E-state index is 14.0. The van der Waals surface area contributed by atoms with Gasteiger partial charge < -0.3 is 15.2 Å². The number of carboxylic acids is 1.